The SMILES string of the molecule is CSc1c(Cl)cc(C=O)cc1Cl. The van der Waals surface area contributed by atoms with Gasteiger partial charge in [0.05, 0.1) is 10.0 Å². The number of benzene rings is 1. The Morgan fingerprint density at radius 3 is 2.17 bits per heavy atom. The van der Waals surface area contributed by atoms with Crippen LogP contribution in [-0.2, 0) is 0 Å². The highest BCUT2D eigenvalue weighted by molar-refractivity contribution is 7.98. The first-order valence-electron chi connectivity index (χ1n) is 3.17. The molecule has 64 valence electrons. The Kier molecular flexibility index (Phi) is 3.44. The van der Waals surface area contributed by atoms with Gasteiger partial charge in [-0.3, -0.25) is 4.79 Å². The van der Waals surface area contributed by atoms with Gasteiger partial charge in [0.15, 0.2) is 0 Å². The van der Waals surface area contributed by atoms with E-state index in [9.17, 15) is 4.79 Å². The zero-order chi connectivity index (χ0) is 9.14. The summed E-state index contributed by atoms with van der Waals surface area (Å²) in [6.45, 7) is 0. The van der Waals surface area contributed by atoms with Crippen molar-refractivity contribution >= 4 is 41.2 Å². The highest BCUT2D eigenvalue weighted by atomic mass is 35.5. The van der Waals surface area contributed by atoms with Crippen LogP contribution in [-0.4, -0.2) is 12.5 Å². The van der Waals surface area contributed by atoms with E-state index in [0.717, 1.165) is 11.2 Å². The lowest BCUT2D eigenvalue weighted by molar-refractivity contribution is 0.112. The summed E-state index contributed by atoms with van der Waals surface area (Å²) < 4.78 is 0. The molecule has 4 heteroatoms. The van der Waals surface area contributed by atoms with Crippen LogP contribution >= 0.6 is 35.0 Å². The van der Waals surface area contributed by atoms with Crippen LogP contribution in [0.5, 0.6) is 0 Å². The molecule has 0 heterocycles. The lowest BCUT2D eigenvalue weighted by Gasteiger charge is -2.03. The second kappa shape index (κ2) is 4.17. The maximum atomic E-state index is 10.4. The van der Waals surface area contributed by atoms with Gasteiger partial charge in [-0.1, -0.05) is 23.2 Å². The van der Waals surface area contributed by atoms with Crippen LogP contribution in [0.15, 0.2) is 17.0 Å². The summed E-state index contributed by atoms with van der Waals surface area (Å²) in [4.78, 5) is 11.2. The average Bonchev–Trinajstić information content (AvgIpc) is 2.03. The number of aldehydes is 1. The molecule has 0 saturated carbocycles. The first kappa shape index (κ1) is 9.90. The molecule has 0 aliphatic rings. The molecule has 0 amide bonds. The fourth-order valence-electron chi connectivity index (χ4n) is 0.843. The Bertz CT molecular complexity index is 289. The third kappa shape index (κ3) is 1.94. The standard InChI is InChI=1S/C8H6Cl2OS/c1-12-8-6(9)2-5(4-11)3-7(8)10/h2-4H,1H3. The van der Waals surface area contributed by atoms with Crippen molar-refractivity contribution < 1.29 is 4.79 Å². The van der Waals surface area contributed by atoms with Gasteiger partial charge in [-0.05, 0) is 18.4 Å². The minimum absolute atomic E-state index is 0.503. The Labute approximate surface area is 85.1 Å². The molecular formula is C8H6Cl2OS. The minimum Gasteiger partial charge on any atom is -0.298 e. The second-order valence-electron chi connectivity index (χ2n) is 2.14. The van der Waals surface area contributed by atoms with Crippen LogP contribution in [0.25, 0.3) is 0 Å². The van der Waals surface area contributed by atoms with Crippen molar-refractivity contribution in [3.8, 4) is 0 Å². The predicted octanol–water partition coefficient (Wildman–Crippen LogP) is 3.53. The zero-order valence-corrected chi connectivity index (χ0v) is 8.63. The topological polar surface area (TPSA) is 17.1 Å². The molecule has 0 aliphatic heterocycles. The number of hydrogen-bond donors (Lipinski definition) is 0. The van der Waals surface area contributed by atoms with Crippen LogP contribution in [0.1, 0.15) is 10.4 Å². The van der Waals surface area contributed by atoms with E-state index in [-0.39, 0.29) is 0 Å². The molecule has 0 N–H and O–H groups in total. The monoisotopic (exact) mass is 220 g/mol. The smallest absolute Gasteiger partial charge is 0.150 e. The fourth-order valence-corrected chi connectivity index (χ4v) is 2.32. The van der Waals surface area contributed by atoms with Crippen molar-refractivity contribution in [2.75, 3.05) is 6.26 Å². The number of hydrogen-bond acceptors (Lipinski definition) is 2. The van der Waals surface area contributed by atoms with Gasteiger partial charge in [0.25, 0.3) is 0 Å². The largest absolute Gasteiger partial charge is 0.298 e. The van der Waals surface area contributed by atoms with Crippen molar-refractivity contribution in [1.29, 1.82) is 0 Å². The maximum absolute atomic E-state index is 10.4. The van der Waals surface area contributed by atoms with Crippen molar-refractivity contribution in [3.05, 3.63) is 27.7 Å². The van der Waals surface area contributed by atoms with Gasteiger partial charge in [0.2, 0.25) is 0 Å². The Morgan fingerprint density at radius 2 is 1.83 bits per heavy atom. The summed E-state index contributed by atoms with van der Waals surface area (Å²) in [5.41, 5.74) is 0.503. The third-order valence-electron chi connectivity index (χ3n) is 1.36. The van der Waals surface area contributed by atoms with E-state index < -0.39 is 0 Å². The Balaban J connectivity index is 3.27. The van der Waals surface area contributed by atoms with Crippen LogP contribution in [0.3, 0.4) is 0 Å². The number of rotatable bonds is 2. The zero-order valence-electron chi connectivity index (χ0n) is 6.30. The number of carbonyl (C=O) groups is 1. The lowest BCUT2D eigenvalue weighted by atomic mass is 10.2. The van der Waals surface area contributed by atoms with E-state index in [0.29, 0.717) is 15.6 Å². The molecule has 1 nitrogen and oxygen atoms in total. The Hall–Kier alpha value is -0.180. The van der Waals surface area contributed by atoms with Crippen LogP contribution in [0, 0.1) is 0 Å². The van der Waals surface area contributed by atoms with Gasteiger partial charge in [-0.25, -0.2) is 0 Å². The molecule has 12 heavy (non-hydrogen) atoms. The van der Waals surface area contributed by atoms with E-state index in [1.807, 2.05) is 6.26 Å². The van der Waals surface area contributed by atoms with Gasteiger partial charge < -0.3 is 0 Å². The highest BCUT2D eigenvalue weighted by Crippen LogP contribution is 2.33. The summed E-state index contributed by atoms with van der Waals surface area (Å²) in [7, 11) is 0. The van der Waals surface area contributed by atoms with Gasteiger partial charge >= 0.3 is 0 Å². The summed E-state index contributed by atoms with van der Waals surface area (Å²) in [6, 6.07) is 3.21. The lowest BCUT2D eigenvalue weighted by Crippen LogP contribution is -1.83. The van der Waals surface area contributed by atoms with Crippen molar-refractivity contribution in [2.45, 2.75) is 4.90 Å². The summed E-state index contributed by atoms with van der Waals surface area (Å²) in [6.07, 6.45) is 2.61. The molecule has 0 saturated heterocycles. The van der Waals surface area contributed by atoms with E-state index in [1.165, 1.54) is 11.8 Å². The third-order valence-corrected chi connectivity index (χ3v) is 3.03. The molecule has 0 unspecified atom stereocenters. The summed E-state index contributed by atoms with van der Waals surface area (Å²) >= 11 is 13.2. The Morgan fingerprint density at radius 1 is 1.33 bits per heavy atom. The molecule has 1 aromatic carbocycles. The summed E-state index contributed by atoms with van der Waals surface area (Å²) in [5.74, 6) is 0. The van der Waals surface area contributed by atoms with Crippen LogP contribution in [0.2, 0.25) is 10.0 Å². The van der Waals surface area contributed by atoms with Gasteiger partial charge in [0.1, 0.15) is 6.29 Å². The van der Waals surface area contributed by atoms with E-state index in [2.05, 4.69) is 0 Å². The second-order valence-corrected chi connectivity index (χ2v) is 3.77. The molecule has 0 atom stereocenters. The van der Waals surface area contributed by atoms with Gasteiger partial charge in [-0.2, -0.15) is 0 Å². The first-order valence-corrected chi connectivity index (χ1v) is 5.15. The first-order chi connectivity index (χ1) is 5.69. The quantitative estimate of drug-likeness (QED) is 0.561. The molecule has 0 fully saturated rings. The molecule has 0 radical (unpaired) electrons. The summed E-state index contributed by atoms with van der Waals surface area (Å²) in [5, 5.41) is 1.05. The molecule has 0 bridgehead atoms. The van der Waals surface area contributed by atoms with Gasteiger partial charge in [-0.15, -0.1) is 11.8 Å². The van der Waals surface area contributed by atoms with E-state index >= 15 is 0 Å². The molecule has 1 aromatic rings. The molecule has 0 aromatic heterocycles. The normalized spacial score (nSPS) is 9.92. The molecule has 1 rings (SSSR count). The number of carbonyl (C=O) groups excluding carboxylic acids is 1. The van der Waals surface area contributed by atoms with Crippen LogP contribution in [0.4, 0.5) is 0 Å². The molecule has 0 spiro atoms. The van der Waals surface area contributed by atoms with E-state index in [1.54, 1.807) is 12.1 Å². The molecular weight excluding hydrogens is 215 g/mol. The van der Waals surface area contributed by atoms with Crippen LogP contribution < -0.4 is 0 Å². The maximum Gasteiger partial charge on any atom is 0.150 e. The average molecular weight is 221 g/mol. The fraction of sp³-hybridized carbons (Fsp3) is 0.125. The van der Waals surface area contributed by atoms with Crippen molar-refractivity contribution in [2.24, 2.45) is 0 Å². The molecule has 0 aliphatic carbocycles. The highest BCUT2D eigenvalue weighted by Gasteiger charge is 2.06. The van der Waals surface area contributed by atoms with Crippen molar-refractivity contribution in [1.82, 2.24) is 0 Å². The van der Waals surface area contributed by atoms with Gasteiger partial charge in [0, 0.05) is 10.5 Å². The number of halogens is 2. The van der Waals surface area contributed by atoms with Crippen molar-refractivity contribution in [3.63, 3.8) is 0 Å². The minimum atomic E-state index is 0.503. The van der Waals surface area contributed by atoms with E-state index in [4.69, 9.17) is 23.2 Å². The predicted molar refractivity (Wildman–Crippen MR) is 53.6 cm³/mol. The number of thioether (sulfide) groups is 1.